The van der Waals surface area contributed by atoms with Gasteiger partial charge in [-0.05, 0) is 24.5 Å². The Kier molecular flexibility index (Phi) is 4.47. The second-order valence-electron chi connectivity index (χ2n) is 4.06. The zero-order chi connectivity index (χ0) is 11.4. The molecule has 1 aromatic carbocycles. The molecule has 0 aromatic heterocycles. The number of hydroxylamine groups is 1. The van der Waals surface area contributed by atoms with Gasteiger partial charge in [0.1, 0.15) is 0 Å². The summed E-state index contributed by atoms with van der Waals surface area (Å²) in [6.45, 7) is 0.593. The molecule has 0 unspecified atom stereocenters. The third-order valence-electron chi connectivity index (χ3n) is 2.85. The Bertz CT molecular complexity index is 351. The van der Waals surface area contributed by atoms with Gasteiger partial charge in [0.25, 0.3) is 0 Å². The standard InChI is InChI=1S/C12H15Cl2NO/c13-11-7-3-4-9(12(11)14)8-15-16-10-5-1-2-6-10/h3-4,7,10,15H,1-2,5-6,8H2. The van der Waals surface area contributed by atoms with Crippen molar-refractivity contribution >= 4 is 23.2 Å². The molecule has 16 heavy (non-hydrogen) atoms. The first kappa shape index (κ1) is 12.2. The van der Waals surface area contributed by atoms with Crippen LogP contribution in [0, 0.1) is 0 Å². The first-order valence-electron chi connectivity index (χ1n) is 5.59. The zero-order valence-electron chi connectivity index (χ0n) is 9.01. The maximum atomic E-state index is 6.06. The molecule has 0 spiro atoms. The van der Waals surface area contributed by atoms with E-state index in [4.69, 9.17) is 28.0 Å². The van der Waals surface area contributed by atoms with E-state index in [1.165, 1.54) is 12.8 Å². The van der Waals surface area contributed by atoms with Crippen molar-refractivity contribution in [1.82, 2.24) is 5.48 Å². The topological polar surface area (TPSA) is 21.3 Å². The molecule has 1 aliphatic carbocycles. The van der Waals surface area contributed by atoms with E-state index in [0.717, 1.165) is 18.4 Å². The van der Waals surface area contributed by atoms with E-state index in [-0.39, 0.29) is 0 Å². The van der Waals surface area contributed by atoms with Gasteiger partial charge in [-0.15, -0.1) is 0 Å². The van der Waals surface area contributed by atoms with Crippen molar-refractivity contribution in [3.63, 3.8) is 0 Å². The second kappa shape index (κ2) is 5.87. The first-order chi connectivity index (χ1) is 7.77. The lowest BCUT2D eigenvalue weighted by Crippen LogP contribution is -2.21. The normalized spacial score (nSPS) is 16.9. The molecule has 1 aromatic rings. The molecule has 0 saturated heterocycles. The molecule has 1 saturated carbocycles. The molecule has 0 amide bonds. The highest BCUT2D eigenvalue weighted by molar-refractivity contribution is 6.42. The summed E-state index contributed by atoms with van der Waals surface area (Å²) >= 11 is 12.0. The minimum atomic E-state index is 0.359. The minimum Gasteiger partial charge on any atom is -0.298 e. The Morgan fingerprint density at radius 2 is 2.00 bits per heavy atom. The Morgan fingerprint density at radius 1 is 1.25 bits per heavy atom. The van der Waals surface area contributed by atoms with E-state index in [0.29, 0.717) is 22.7 Å². The largest absolute Gasteiger partial charge is 0.298 e. The summed E-state index contributed by atoms with van der Waals surface area (Å²) < 4.78 is 0. The van der Waals surface area contributed by atoms with E-state index >= 15 is 0 Å². The monoisotopic (exact) mass is 259 g/mol. The quantitative estimate of drug-likeness (QED) is 0.827. The predicted molar refractivity (Wildman–Crippen MR) is 66.6 cm³/mol. The van der Waals surface area contributed by atoms with Crippen LogP contribution in [0.3, 0.4) is 0 Å². The van der Waals surface area contributed by atoms with E-state index in [9.17, 15) is 0 Å². The average molecular weight is 260 g/mol. The van der Waals surface area contributed by atoms with Gasteiger partial charge in [-0.3, -0.25) is 4.84 Å². The number of nitrogens with one attached hydrogen (secondary N) is 1. The fraction of sp³-hybridized carbons (Fsp3) is 0.500. The predicted octanol–water partition coefficient (Wildman–Crippen LogP) is 3.96. The van der Waals surface area contributed by atoms with Gasteiger partial charge in [0, 0.05) is 6.54 Å². The lowest BCUT2D eigenvalue weighted by atomic mass is 10.2. The van der Waals surface area contributed by atoms with Gasteiger partial charge in [-0.25, -0.2) is 0 Å². The van der Waals surface area contributed by atoms with E-state index in [2.05, 4.69) is 5.48 Å². The summed E-state index contributed by atoms with van der Waals surface area (Å²) in [5.74, 6) is 0. The SMILES string of the molecule is Clc1cccc(CNOC2CCCC2)c1Cl. The van der Waals surface area contributed by atoms with Crippen molar-refractivity contribution in [2.75, 3.05) is 0 Å². The Morgan fingerprint density at radius 3 is 2.75 bits per heavy atom. The van der Waals surface area contributed by atoms with Crippen LogP contribution in [0.1, 0.15) is 31.2 Å². The van der Waals surface area contributed by atoms with Crippen molar-refractivity contribution in [2.24, 2.45) is 0 Å². The molecule has 88 valence electrons. The van der Waals surface area contributed by atoms with Gasteiger partial charge in [0.2, 0.25) is 0 Å². The van der Waals surface area contributed by atoms with Crippen LogP contribution >= 0.6 is 23.2 Å². The molecule has 0 bridgehead atoms. The number of benzene rings is 1. The lowest BCUT2D eigenvalue weighted by Gasteiger charge is -2.12. The Hall–Kier alpha value is -0.280. The van der Waals surface area contributed by atoms with Crippen molar-refractivity contribution in [3.05, 3.63) is 33.8 Å². The maximum absolute atomic E-state index is 6.06. The summed E-state index contributed by atoms with van der Waals surface area (Å²) in [7, 11) is 0. The summed E-state index contributed by atoms with van der Waals surface area (Å²) in [6, 6.07) is 5.62. The summed E-state index contributed by atoms with van der Waals surface area (Å²) in [5.41, 5.74) is 3.93. The van der Waals surface area contributed by atoms with Gasteiger partial charge in [-0.2, -0.15) is 5.48 Å². The fourth-order valence-corrected chi connectivity index (χ4v) is 2.32. The van der Waals surface area contributed by atoms with Crippen LogP contribution in [-0.2, 0) is 11.4 Å². The summed E-state index contributed by atoms with van der Waals surface area (Å²) in [6.07, 6.45) is 5.19. The maximum Gasteiger partial charge on any atom is 0.0790 e. The molecular formula is C12H15Cl2NO. The van der Waals surface area contributed by atoms with Gasteiger partial charge in [-0.1, -0.05) is 48.2 Å². The molecule has 0 heterocycles. The molecular weight excluding hydrogens is 245 g/mol. The third kappa shape index (κ3) is 3.11. The number of hydrogen-bond donors (Lipinski definition) is 1. The molecule has 2 rings (SSSR count). The number of rotatable bonds is 4. The number of hydrogen-bond acceptors (Lipinski definition) is 2. The van der Waals surface area contributed by atoms with Crippen LogP contribution in [0.4, 0.5) is 0 Å². The van der Waals surface area contributed by atoms with Crippen LogP contribution in [0.5, 0.6) is 0 Å². The van der Waals surface area contributed by atoms with Crippen LogP contribution in [0.25, 0.3) is 0 Å². The highest BCUT2D eigenvalue weighted by atomic mass is 35.5. The molecule has 0 atom stereocenters. The highest BCUT2D eigenvalue weighted by Crippen LogP contribution is 2.25. The van der Waals surface area contributed by atoms with Gasteiger partial charge in [0.15, 0.2) is 0 Å². The summed E-state index contributed by atoms with van der Waals surface area (Å²) in [4.78, 5) is 5.55. The average Bonchev–Trinajstić information content (AvgIpc) is 2.77. The molecule has 1 aliphatic rings. The Balaban J connectivity index is 1.82. The Labute approximate surface area is 106 Å². The molecule has 2 nitrogen and oxygen atoms in total. The first-order valence-corrected chi connectivity index (χ1v) is 6.34. The van der Waals surface area contributed by atoms with Crippen LogP contribution < -0.4 is 5.48 Å². The van der Waals surface area contributed by atoms with Crippen LogP contribution in [-0.4, -0.2) is 6.10 Å². The zero-order valence-corrected chi connectivity index (χ0v) is 10.5. The van der Waals surface area contributed by atoms with Gasteiger partial charge < -0.3 is 0 Å². The lowest BCUT2D eigenvalue weighted by molar-refractivity contribution is -0.0243. The van der Waals surface area contributed by atoms with E-state index in [1.54, 1.807) is 6.07 Å². The third-order valence-corrected chi connectivity index (χ3v) is 3.70. The minimum absolute atomic E-state index is 0.359. The molecule has 1 fully saturated rings. The molecule has 0 radical (unpaired) electrons. The second-order valence-corrected chi connectivity index (χ2v) is 4.84. The number of halogens is 2. The molecule has 1 N–H and O–H groups in total. The van der Waals surface area contributed by atoms with Crippen molar-refractivity contribution in [2.45, 2.75) is 38.3 Å². The molecule has 4 heteroatoms. The van der Waals surface area contributed by atoms with E-state index in [1.807, 2.05) is 12.1 Å². The molecule has 0 aliphatic heterocycles. The summed E-state index contributed by atoms with van der Waals surface area (Å²) in [5, 5.41) is 1.19. The van der Waals surface area contributed by atoms with Crippen molar-refractivity contribution in [1.29, 1.82) is 0 Å². The smallest absolute Gasteiger partial charge is 0.0790 e. The van der Waals surface area contributed by atoms with Crippen molar-refractivity contribution < 1.29 is 4.84 Å². The van der Waals surface area contributed by atoms with Crippen LogP contribution in [0.2, 0.25) is 10.0 Å². The van der Waals surface area contributed by atoms with Crippen LogP contribution in [0.15, 0.2) is 18.2 Å². The van der Waals surface area contributed by atoms with Gasteiger partial charge >= 0.3 is 0 Å². The van der Waals surface area contributed by atoms with Gasteiger partial charge in [0.05, 0.1) is 16.1 Å². The van der Waals surface area contributed by atoms with Crippen molar-refractivity contribution in [3.8, 4) is 0 Å². The highest BCUT2D eigenvalue weighted by Gasteiger charge is 2.15. The van der Waals surface area contributed by atoms with E-state index < -0.39 is 0 Å². The fourth-order valence-electron chi connectivity index (χ4n) is 1.93.